The van der Waals surface area contributed by atoms with E-state index < -0.39 is 0 Å². The summed E-state index contributed by atoms with van der Waals surface area (Å²) in [6.07, 6.45) is 2.44. The van der Waals surface area contributed by atoms with Crippen molar-refractivity contribution in [3.05, 3.63) is 30.1 Å². The molecule has 1 atom stereocenters. The molecule has 0 bridgehead atoms. The fourth-order valence-corrected chi connectivity index (χ4v) is 3.02. The lowest BCUT2D eigenvalue weighted by molar-refractivity contribution is -0.133. The molecule has 0 aliphatic carbocycles. The molecule has 1 aromatic rings. The summed E-state index contributed by atoms with van der Waals surface area (Å²) in [5, 5.41) is 3.30. The molecule has 104 valence electrons. The van der Waals surface area contributed by atoms with Crippen LogP contribution in [0, 0.1) is 0 Å². The molecule has 1 N–H and O–H groups in total. The average molecular weight is 279 g/mol. The summed E-state index contributed by atoms with van der Waals surface area (Å²) >= 11 is 1.77. The van der Waals surface area contributed by atoms with Crippen LogP contribution in [-0.4, -0.2) is 47.2 Å². The first-order valence-electron chi connectivity index (χ1n) is 6.75. The molecule has 1 aliphatic heterocycles. The predicted molar refractivity (Wildman–Crippen MR) is 79.1 cm³/mol. The molecular weight excluding hydrogens is 258 g/mol. The Kier molecular flexibility index (Phi) is 5.66. The van der Waals surface area contributed by atoms with Gasteiger partial charge in [-0.25, -0.2) is 0 Å². The van der Waals surface area contributed by atoms with Crippen molar-refractivity contribution in [3.8, 4) is 0 Å². The van der Waals surface area contributed by atoms with Gasteiger partial charge in [0.25, 0.3) is 0 Å². The molecule has 0 saturated carbocycles. The number of aromatic nitrogens is 1. The molecule has 0 spiro atoms. The maximum absolute atomic E-state index is 12.1. The molecule has 1 saturated heterocycles. The van der Waals surface area contributed by atoms with Gasteiger partial charge in [-0.2, -0.15) is 11.8 Å². The van der Waals surface area contributed by atoms with Gasteiger partial charge in [0, 0.05) is 49.8 Å². The first kappa shape index (κ1) is 14.3. The number of hydrogen-bond donors (Lipinski definition) is 1. The lowest BCUT2D eigenvalue weighted by atomic mass is 10.2. The highest BCUT2D eigenvalue weighted by molar-refractivity contribution is 7.98. The second kappa shape index (κ2) is 7.50. The largest absolute Gasteiger partial charge is 0.337 e. The molecule has 2 heterocycles. The molecule has 0 radical (unpaired) electrons. The van der Waals surface area contributed by atoms with E-state index in [1.165, 1.54) is 0 Å². The molecule has 5 heteroatoms. The fraction of sp³-hybridized carbons (Fsp3) is 0.571. The maximum Gasteiger partial charge on any atom is 0.223 e. The van der Waals surface area contributed by atoms with E-state index in [4.69, 9.17) is 0 Å². The molecule has 1 fully saturated rings. The monoisotopic (exact) mass is 279 g/mol. The maximum atomic E-state index is 12.1. The van der Waals surface area contributed by atoms with Crippen LogP contribution in [0.1, 0.15) is 19.0 Å². The minimum atomic E-state index is 0.280. The number of amides is 1. The number of rotatable bonds is 5. The Morgan fingerprint density at radius 2 is 2.47 bits per heavy atom. The second-order valence-corrected chi connectivity index (χ2v) is 5.87. The zero-order chi connectivity index (χ0) is 13.5. The summed E-state index contributed by atoms with van der Waals surface area (Å²) in [5.74, 6) is 2.03. The van der Waals surface area contributed by atoms with Crippen LogP contribution >= 0.6 is 11.8 Å². The molecule has 0 aromatic carbocycles. The number of nitrogens with one attached hydrogen (secondary N) is 1. The number of nitrogens with zero attached hydrogens (tertiary/aromatic N) is 2. The Balaban J connectivity index is 1.66. The van der Waals surface area contributed by atoms with E-state index in [0.717, 1.165) is 36.8 Å². The number of piperazine rings is 1. The third-order valence-corrected chi connectivity index (χ3v) is 4.25. The van der Waals surface area contributed by atoms with Crippen molar-refractivity contribution in [3.63, 3.8) is 0 Å². The zero-order valence-corrected chi connectivity index (χ0v) is 12.2. The van der Waals surface area contributed by atoms with Crippen molar-refractivity contribution >= 4 is 17.7 Å². The number of carbonyl (C=O) groups is 1. The summed E-state index contributed by atoms with van der Waals surface area (Å²) in [7, 11) is 0. The van der Waals surface area contributed by atoms with E-state index >= 15 is 0 Å². The number of pyridine rings is 1. The van der Waals surface area contributed by atoms with Gasteiger partial charge in [-0.3, -0.25) is 9.78 Å². The van der Waals surface area contributed by atoms with Gasteiger partial charge in [0.1, 0.15) is 0 Å². The Hall–Kier alpha value is -1.07. The Labute approximate surface area is 119 Å². The third-order valence-electron chi connectivity index (χ3n) is 3.26. The average Bonchev–Trinajstić information content (AvgIpc) is 2.45. The molecule has 4 nitrogen and oxygen atoms in total. The molecule has 0 unspecified atom stereocenters. The van der Waals surface area contributed by atoms with E-state index in [-0.39, 0.29) is 5.91 Å². The molecular formula is C14H21N3OS. The van der Waals surface area contributed by atoms with Crippen LogP contribution in [0.4, 0.5) is 0 Å². The van der Waals surface area contributed by atoms with E-state index in [0.29, 0.717) is 12.5 Å². The van der Waals surface area contributed by atoms with Crippen molar-refractivity contribution in [2.45, 2.75) is 25.1 Å². The highest BCUT2D eigenvalue weighted by atomic mass is 32.2. The topological polar surface area (TPSA) is 45.2 Å². The first-order valence-corrected chi connectivity index (χ1v) is 7.90. The van der Waals surface area contributed by atoms with E-state index in [1.807, 2.05) is 29.3 Å². The van der Waals surface area contributed by atoms with E-state index in [9.17, 15) is 4.79 Å². The van der Waals surface area contributed by atoms with E-state index in [2.05, 4.69) is 17.2 Å². The third kappa shape index (κ3) is 4.51. The molecule has 1 amide bonds. The van der Waals surface area contributed by atoms with Crippen LogP contribution in [0.2, 0.25) is 0 Å². The Morgan fingerprint density at radius 1 is 1.58 bits per heavy atom. The number of hydrogen-bond acceptors (Lipinski definition) is 4. The highest BCUT2D eigenvalue weighted by Crippen LogP contribution is 2.13. The Morgan fingerprint density at radius 3 is 3.21 bits per heavy atom. The number of carbonyl (C=O) groups excluding carboxylic acids is 1. The highest BCUT2D eigenvalue weighted by Gasteiger charge is 2.22. The van der Waals surface area contributed by atoms with Crippen molar-refractivity contribution in [2.75, 3.05) is 25.4 Å². The second-order valence-electron chi connectivity index (χ2n) is 4.76. The smallest absolute Gasteiger partial charge is 0.223 e. The lowest BCUT2D eigenvalue weighted by Crippen LogP contribution is -2.52. The lowest BCUT2D eigenvalue weighted by Gasteiger charge is -2.34. The fourth-order valence-electron chi connectivity index (χ4n) is 2.17. The van der Waals surface area contributed by atoms with Crippen LogP contribution in [0.5, 0.6) is 0 Å². The Bertz CT molecular complexity index is 399. The van der Waals surface area contributed by atoms with Gasteiger partial charge in [0.2, 0.25) is 5.91 Å². The SMILES string of the molecule is C[C@@H]1CNCCN1C(=O)CCSCc1ccccn1. The molecule has 1 aliphatic rings. The molecule has 1 aromatic heterocycles. The van der Waals surface area contributed by atoms with Gasteiger partial charge in [-0.1, -0.05) is 6.07 Å². The van der Waals surface area contributed by atoms with Crippen LogP contribution in [0.25, 0.3) is 0 Å². The van der Waals surface area contributed by atoms with Crippen LogP contribution in [0.15, 0.2) is 24.4 Å². The zero-order valence-electron chi connectivity index (χ0n) is 11.3. The van der Waals surface area contributed by atoms with Gasteiger partial charge < -0.3 is 10.2 Å². The van der Waals surface area contributed by atoms with Crippen molar-refractivity contribution in [2.24, 2.45) is 0 Å². The van der Waals surface area contributed by atoms with Gasteiger partial charge in [-0.05, 0) is 19.1 Å². The van der Waals surface area contributed by atoms with Crippen LogP contribution < -0.4 is 5.32 Å². The van der Waals surface area contributed by atoms with Gasteiger partial charge in [-0.15, -0.1) is 0 Å². The van der Waals surface area contributed by atoms with Crippen LogP contribution in [-0.2, 0) is 10.5 Å². The van der Waals surface area contributed by atoms with Crippen molar-refractivity contribution in [1.29, 1.82) is 0 Å². The van der Waals surface area contributed by atoms with Gasteiger partial charge >= 0.3 is 0 Å². The quantitative estimate of drug-likeness (QED) is 0.830. The van der Waals surface area contributed by atoms with Gasteiger partial charge in [0.05, 0.1) is 5.69 Å². The minimum Gasteiger partial charge on any atom is -0.337 e. The molecule has 19 heavy (non-hydrogen) atoms. The predicted octanol–water partition coefficient (Wildman–Crippen LogP) is 1.53. The van der Waals surface area contributed by atoms with Gasteiger partial charge in [0.15, 0.2) is 0 Å². The summed E-state index contributed by atoms with van der Waals surface area (Å²) in [6, 6.07) is 6.26. The van der Waals surface area contributed by atoms with Crippen molar-refractivity contribution in [1.82, 2.24) is 15.2 Å². The standard InChI is InChI=1S/C14H21N3OS/c1-12-10-15-7-8-17(12)14(18)5-9-19-11-13-4-2-3-6-16-13/h2-4,6,12,15H,5,7-11H2,1H3/t12-/m1/s1. The molecule has 2 rings (SSSR count). The summed E-state index contributed by atoms with van der Waals surface area (Å²) < 4.78 is 0. The van der Waals surface area contributed by atoms with Crippen LogP contribution in [0.3, 0.4) is 0 Å². The first-order chi connectivity index (χ1) is 9.27. The summed E-state index contributed by atoms with van der Waals surface area (Å²) in [4.78, 5) is 18.4. The minimum absolute atomic E-state index is 0.280. The summed E-state index contributed by atoms with van der Waals surface area (Å²) in [5.41, 5.74) is 1.08. The summed E-state index contributed by atoms with van der Waals surface area (Å²) in [6.45, 7) is 4.76. The van der Waals surface area contributed by atoms with Crippen molar-refractivity contribution < 1.29 is 4.79 Å². The van der Waals surface area contributed by atoms with E-state index in [1.54, 1.807) is 11.8 Å². The number of thioether (sulfide) groups is 1. The normalized spacial score (nSPS) is 19.4.